The molecule has 0 aliphatic carbocycles. The Kier molecular flexibility index (Phi) is 5.38. The number of benzene rings is 1. The Morgan fingerprint density at radius 3 is 2.59 bits per heavy atom. The molecule has 3 nitrogen and oxygen atoms in total. The van der Waals surface area contributed by atoms with Crippen LogP contribution < -0.4 is 11.1 Å². The molecule has 1 aromatic carbocycles. The Hall–Kier alpha value is -1.13. The van der Waals surface area contributed by atoms with Crippen LogP contribution in [-0.4, -0.2) is 24.7 Å². The van der Waals surface area contributed by atoms with E-state index < -0.39 is 0 Å². The number of nitrogens with two attached hydrogens (primary N) is 1. The molecule has 3 N–H and O–H groups in total. The van der Waals surface area contributed by atoms with Crippen LogP contribution in [0.4, 0.5) is 5.69 Å². The lowest BCUT2D eigenvalue weighted by molar-refractivity contribution is 0.171. The van der Waals surface area contributed by atoms with Crippen LogP contribution in [0.5, 0.6) is 0 Å². The van der Waals surface area contributed by atoms with Gasteiger partial charge in [0.15, 0.2) is 0 Å². The first kappa shape index (κ1) is 13.9. The number of rotatable bonds is 6. The quantitative estimate of drug-likeness (QED) is 0.763. The van der Waals surface area contributed by atoms with Crippen molar-refractivity contribution in [3.05, 3.63) is 29.8 Å². The SMILES string of the molecule is COCC(Nc1ccccc1C(N)=S)C(C)C. The lowest BCUT2D eigenvalue weighted by Gasteiger charge is -2.24. The summed E-state index contributed by atoms with van der Waals surface area (Å²) in [6.07, 6.45) is 0. The smallest absolute Gasteiger partial charge is 0.106 e. The van der Waals surface area contributed by atoms with E-state index in [1.807, 2.05) is 24.3 Å². The molecule has 0 bridgehead atoms. The predicted molar refractivity (Wildman–Crippen MR) is 76.5 cm³/mol. The number of thiocarbonyl (C=S) groups is 1. The average molecular weight is 252 g/mol. The Balaban J connectivity index is 2.88. The van der Waals surface area contributed by atoms with Gasteiger partial charge in [0, 0.05) is 18.4 Å². The van der Waals surface area contributed by atoms with Gasteiger partial charge in [0.05, 0.1) is 12.6 Å². The van der Waals surface area contributed by atoms with Gasteiger partial charge in [0.1, 0.15) is 4.99 Å². The molecule has 0 radical (unpaired) electrons. The van der Waals surface area contributed by atoms with E-state index in [9.17, 15) is 0 Å². The first-order valence-electron chi connectivity index (χ1n) is 5.70. The summed E-state index contributed by atoms with van der Waals surface area (Å²) in [5.74, 6) is 0.467. The highest BCUT2D eigenvalue weighted by molar-refractivity contribution is 7.80. The largest absolute Gasteiger partial charge is 0.389 e. The van der Waals surface area contributed by atoms with Crippen LogP contribution in [-0.2, 0) is 4.74 Å². The summed E-state index contributed by atoms with van der Waals surface area (Å²) in [6.45, 7) is 4.96. The Morgan fingerprint density at radius 1 is 1.41 bits per heavy atom. The van der Waals surface area contributed by atoms with Crippen molar-refractivity contribution in [1.82, 2.24) is 0 Å². The molecule has 0 aromatic heterocycles. The van der Waals surface area contributed by atoms with Crippen molar-refractivity contribution in [3.8, 4) is 0 Å². The van der Waals surface area contributed by atoms with E-state index >= 15 is 0 Å². The molecule has 0 aliphatic rings. The molecule has 1 aromatic rings. The summed E-state index contributed by atoms with van der Waals surface area (Å²) in [5.41, 5.74) is 7.55. The molecule has 0 saturated heterocycles. The number of hydrogen-bond donors (Lipinski definition) is 2. The van der Waals surface area contributed by atoms with E-state index in [2.05, 4.69) is 19.2 Å². The maximum absolute atomic E-state index is 5.70. The van der Waals surface area contributed by atoms with Crippen molar-refractivity contribution >= 4 is 22.9 Å². The van der Waals surface area contributed by atoms with Gasteiger partial charge in [-0.05, 0) is 18.1 Å². The van der Waals surface area contributed by atoms with Crippen molar-refractivity contribution < 1.29 is 4.74 Å². The summed E-state index contributed by atoms with van der Waals surface area (Å²) in [4.78, 5) is 0.410. The van der Waals surface area contributed by atoms with Gasteiger partial charge in [-0.15, -0.1) is 0 Å². The molecule has 0 spiro atoms. The summed E-state index contributed by atoms with van der Waals surface area (Å²) in [6, 6.07) is 8.05. The maximum atomic E-state index is 5.70. The highest BCUT2D eigenvalue weighted by atomic mass is 32.1. The summed E-state index contributed by atoms with van der Waals surface area (Å²) >= 11 is 5.04. The number of methoxy groups -OCH3 is 1. The molecular weight excluding hydrogens is 232 g/mol. The van der Waals surface area contributed by atoms with E-state index in [1.165, 1.54) is 0 Å². The highest BCUT2D eigenvalue weighted by Crippen LogP contribution is 2.18. The van der Waals surface area contributed by atoms with Gasteiger partial charge in [-0.1, -0.05) is 38.2 Å². The molecule has 0 heterocycles. The number of ether oxygens (including phenoxy) is 1. The molecule has 1 unspecified atom stereocenters. The Labute approximate surface area is 108 Å². The zero-order valence-electron chi connectivity index (χ0n) is 10.6. The van der Waals surface area contributed by atoms with Gasteiger partial charge < -0.3 is 15.8 Å². The molecule has 0 amide bonds. The van der Waals surface area contributed by atoms with Crippen LogP contribution in [0.15, 0.2) is 24.3 Å². The van der Waals surface area contributed by atoms with Gasteiger partial charge in [0.2, 0.25) is 0 Å². The second kappa shape index (κ2) is 6.57. The molecule has 0 fully saturated rings. The van der Waals surface area contributed by atoms with Crippen molar-refractivity contribution in [2.24, 2.45) is 11.7 Å². The monoisotopic (exact) mass is 252 g/mol. The van der Waals surface area contributed by atoms with Gasteiger partial charge in [-0.25, -0.2) is 0 Å². The van der Waals surface area contributed by atoms with E-state index in [0.29, 0.717) is 17.5 Å². The van der Waals surface area contributed by atoms with Crippen molar-refractivity contribution in [3.63, 3.8) is 0 Å². The Morgan fingerprint density at radius 2 is 2.06 bits per heavy atom. The summed E-state index contributed by atoms with van der Waals surface area (Å²) in [5, 5.41) is 3.44. The van der Waals surface area contributed by atoms with Crippen LogP contribution in [0.1, 0.15) is 19.4 Å². The van der Waals surface area contributed by atoms with Crippen LogP contribution in [0.3, 0.4) is 0 Å². The number of nitrogens with one attached hydrogen (secondary N) is 1. The number of hydrogen-bond acceptors (Lipinski definition) is 3. The third-order valence-electron chi connectivity index (χ3n) is 2.68. The minimum atomic E-state index is 0.246. The van der Waals surface area contributed by atoms with Gasteiger partial charge >= 0.3 is 0 Å². The first-order valence-corrected chi connectivity index (χ1v) is 6.11. The molecule has 1 rings (SSSR count). The summed E-state index contributed by atoms with van der Waals surface area (Å²) < 4.78 is 5.21. The van der Waals surface area contributed by atoms with Crippen LogP contribution in [0.25, 0.3) is 0 Å². The zero-order chi connectivity index (χ0) is 12.8. The standard InChI is InChI=1S/C13H20N2OS/c1-9(2)12(8-16-3)15-11-7-5-4-6-10(11)13(14)17/h4-7,9,12,15H,8H2,1-3H3,(H2,14,17). The van der Waals surface area contributed by atoms with Gasteiger partial charge in [-0.3, -0.25) is 0 Å². The van der Waals surface area contributed by atoms with Crippen molar-refractivity contribution in [1.29, 1.82) is 0 Å². The van der Waals surface area contributed by atoms with E-state index in [4.69, 9.17) is 22.7 Å². The normalized spacial score (nSPS) is 12.5. The second-order valence-electron chi connectivity index (χ2n) is 4.36. The lowest BCUT2D eigenvalue weighted by atomic mass is 10.0. The molecule has 0 aliphatic heterocycles. The summed E-state index contributed by atoms with van der Waals surface area (Å²) in [7, 11) is 1.70. The minimum absolute atomic E-state index is 0.246. The molecule has 0 saturated carbocycles. The van der Waals surface area contributed by atoms with Crippen molar-refractivity contribution in [2.45, 2.75) is 19.9 Å². The first-order chi connectivity index (χ1) is 8.06. The van der Waals surface area contributed by atoms with E-state index in [0.717, 1.165) is 11.3 Å². The lowest BCUT2D eigenvalue weighted by Crippen LogP contribution is -2.31. The highest BCUT2D eigenvalue weighted by Gasteiger charge is 2.14. The Bertz CT molecular complexity index is 379. The maximum Gasteiger partial charge on any atom is 0.106 e. The number of anilines is 1. The van der Waals surface area contributed by atoms with Crippen molar-refractivity contribution in [2.75, 3.05) is 19.0 Å². The fourth-order valence-electron chi connectivity index (χ4n) is 1.60. The van der Waals surface area contributed by atoms with Crippen LogP contribution in [0.2, 0.25) is 0 Å². The van der Waals surface area contributed by atoms with Crippen LogP contribution >= 0.6 is 12.2 Å². The third kappa shape index (κ3) is 3.98. The van der Waals surface area contributed by atoms with E-state index in [-0.39, 0.29) is 6.04 Å². The fraction of sp³-hybridized carbons (Fsp3) is 0.462. The molecule has 17 heavy (non-hydrogen) atoms. The molecule has 94 valence electrons. The fourth-order valence-corrected chi connectivity index (χ4v) is 1.78. The molecule has 4 heteroatoms. The van der Waals surface area contributed by atoms with Gasteiger partial charge in [0.25, 0.3) is 0 Å². The second-order valence-corrected chi connectivity index (χ2v) is 4.80. The minimum Gasteiger partial charge on any atom is -0.389 e. The average Bonchev–Trinajstić information content (AvgIpc) is 2.28. The van der Waals surface area contributed by atoms with Gasteiger partial charge in [-0.2, -0.15) is 0 Å². The van der Waals surface area contributed by atoms with E-state index in [1.54, 1.807) is 7.11 Å². The topological polar surface area (TPSA) is 47.3 Å². The third-order valence-corrected chi connectivity index (χ3v) is 2.90. The van der Waals surface area contributed by atoms with Crippen LogP contribution in [0, 0.1) is 5.92 Å². The molecular formula is C13H20N2OS. The zero-order valence-corrected chi connectivity index (χ0v) is 11.4. The number of para-hydroxylation sites is 1. The molecule has 1 atom stereocenters. The predicted octanol–water partition coefficient (Wildman–Crippen LogP) is 2.40.